The summed E-state index contributed by atoms with van der Waals surface area (Å²) in [6, 6.07) is 7.95. The van der Waals surface area contributed by atoms with Crippen LogP contribution in [0, 0.1) is 0 Å². The van der Waals surface area contributed by atoms with Gasteiger partial charge >= 0.3 is 11.8 Å². The molecule has 0 radical (unpaired) electrons. The molecule has 0 saturated carbocycles. The maximum Gasteiger partial charge on any atom is 0.313 e. The molecule has 0 aromatic heterocycles. The Morgan fingerprint density at radius 3 is 2.04 bits per heavy atom. The first-order chi connectivity index (χ1) is 10.7. The van der Waals surface area contributed by atoms with Crippen LogP contribution < -0.4 is 5.32 Å². The van der Waals surface area contributed by atoms with Gasteiger partial charge in [0.1, 0.15) is 0 Å². The number of amides is 2. The van der Waals surface area contributed by atoms with Gasteiger partial charge in [-0.15, -0.1) is 0 Å². The van der Waals surface area contributed by atoms with E-state index < -0.39 is 11.8 Å². The van der Waals surface area contributed by atoms with E-state index in [1.807, 2.05) is 38.1 Å². The van der Waals surface area contributed by atoms with Gasteiger partial charge in [-0.3, -0.25) is 9.59 Å². The van der Waals surface area contributed by atoms with Crippen LogP contribution >= 0.6 is 0 Å². The lowest BCUT2D eigenvalue weighted by atomic mass is 9.87. The highest BCUT2D eigenvalue weighted by atomic mass is 16.2. The first-order valence-corrected chi connectivity index (χ1v) is 8.44. The molecule has 1 aromatic carbocycles. The summed E-state index contributed by atoms with van der Waals surface area (Å²) in [6.07, 6.45) is 3.04. The highest BCUT2D eigenvalue weighted by Crippen LogP contribution is 2.25. The second-order valence-electron chi connectivity index (χ2n) is 7.62. The number of benzene rings is 1. The van der Waals surface area contributed by atoms with Gasteiger partial charge in [0.05, 0.1) is 0 Å². The molecule has 1 saturated heterocycles. The molecule has 2 rings (SSSR count). The second kappa shape index (κ2) is 6.73. The summed E-state index contributed by atoms with van der Waals surface area (Å²) in [7, 11) is 0. The number of nitrogens with one attached hydrogen (secondary N) is 1. The molecule has 4 heteroatoms. The quantitative estimate of drug-likeness (QED) is 0.803. The summed E-state index contributed by atoms with van der Waals surface area (Å²) in [5.74, 6) is -0.973. The van der Waals surface area contributed by atoms with Crippen molar-refractivity contribution in [1.29, 1.82) is 0 Å². The minimum atomic E-state index is -0.547. The molecule has 0 bridgehead atoms. The van der Waals surface area contributed by atoms with E-state index >= 15 is 0 Å². The smallest absolute Gasteiger partial charge is 0.313 e. The summed E-state index contributed by atoms with van der Waals surface area (Å²) in [5.41, 5.74) is 1.92. The Kier molecular flexibility index (Phi) is 5.12. The molecular formula is C19H28N2O2. The van der Waals surface area contributed by atoms with Crippen LogP contribution in [-0.2, 0) is 15.0 Å². The van der Waals surface area contributed by atoms with Crippen LogP contribution in [0.2, 0.25) is 0 Å². The van der Waals surface area contributed by atoms with E-state index in [-0.39, 0.29) is 17.5 Å². The minimum absolute atomic E-state index is 0.0665. The Morgan fingerprint density at radius 1 is 1.04 bits per heavy atom. The van der Waals surface area contributed by atoms with Crippen molar-refractivity contribution in [1.82, 2.24) is 4.90 Å². The fraction of sp³-hybridized carbons (Fsp3) is 0.579. The van der Waals surface area contributed by atoms with E-state index in [4.69, 9.17) is 0 Å². The summed E-state index contributed by atoms with van der Waals surface area (Å²) in [5, 5.41) is 2.73. The van der Waals surface area contributed by atoms with E-state index in [9.17, 15) is 9.59 Å². The average molecular weight is 316 g/mol. The predicted octanol–water partition coefficient (Wildman–Crippen LogP) is 3.71. The third-order valence-corrected chi connectivity index (χ3v) is 4.63. The van der Waals surface area contributed by atoms with Gasteiger partial charge in [0.2, 0.25) is 0 Å². The molecule has 2 atom stereocenters. The van der Waals surface area contributed by atoms with Crippen LogP contribution in [0.3, 0.4) is 0 Å². The van der Waals surface area contributed by atoms with E-state index in [2.05, 4.69) is 26.1 Å². The lowest BCUT2D eigenvalue weighted by Gasteiger charge is -2.38. The fourth-order valence-electron chi connectivity index (χ4n) is 3.18. The maximum absolute atomic E-state index is 12.5. The van der Waals surface area contributed by atoms with Crippen molar-refractivity contribution in [2.24, 2.45) is 0 Å². The van der Waals surface area contributed by atoms with Gasteiger partial charge in [0.15, 0.2) is 0 Å². The highest BCUT2D eigenvalue weighted by Gasteiger charge is 2.32. The molecule has 1 aromatic rings. The van der Waals surface area contributed by atoms with Crippen LogP contribution in [-0.4, -0.2) is 28.8 Å². The van der Waals surface area contributed by atoms with Gasteiger partial charge in [-0.25, -0.2) is 0 Å². The molecule has 1 heterocycles. The average Bonchev–Trinajstić information content (AvgIpc) is 2.46. The standard InChI is InChI=1S/C19H28N2O2/c1-13-7-6-8-14(2)21(13)18(23)17(22)20-16-11-9-15(10-12-16)19(3,4)5/h9-14H,6-8H2,1-5H3,(H,20,22). The molecule has 1 N–H and O–H groups in total. The number of likely N-dealkylation sites (tertiary alicyclic amines) is 1. The molecule has 4 nitrogen and oxygen atoms in total. The zero-order valence-electron chi connectivity index (χ0n) is 14.8. The Morgan fingerprint density at radius 2 is 1.57 bits per heavy atom. The monoisotopic (exact) mass is 316 g/mol. The fourth-order valence-corrected chi connectivity index (χ4v) is 3.18. The van der Waals surface area contributed by atoms with Crippen LogP contribution in [0.25, 0.3) is 0 Å². The molecule has 0 spiro atoms. The number of rotatable bonds is 1. The summed E-state index contributed by atoms with van der Waals surface area (Å²) in [6.45, 7) is 10.5. The molecule has 2 amide bonds. The van der Waals surface area contributed by atoms with Crippen LogP contribution in [0.4, 0.5) is 5.69 Å². The first kappa shape index (κ1) is 17.5. The molecule has 1 fully saturated rings. The summed E-state index contributed by atoms with van der Waals surface area (Å²) in [4.78, 5) is 26.5. The van der Waals surface area contributed by atoms with Gasteiger partial charge in [0.25, 0.3) is 0 Å². The number of hydrogen-bond donors (Lipinski definition) is 1. The number of carbonyl (C=O) groups is 2. The lowest BCUT2D eigenvalue weighted by Crippen LogP contribution is -2.51. The Hall–Kier alpha value is -1.84. The zero-order chi connectivity index (χ0) is 17.2. The topological polar surface area (TPSA) is 49.4 Å². The van der Waals surface area contributed by atoms with Crippen LogP contribution in [0.1, 0.15) is 59.4 Å². The second-order valence-corrected chi connectivity index (χ2v) is 7.62. The molecular weight excluding hydrogens is 288 g/mol. The molecule has 1 aliphatic heterocycles. The number of anilines is 1. The summed E-state index contributed by atoms with van der Waals surface area (Å²) >= 11 is 0. The van der Waals surface area contributed by atoms with Crippen molar-refractivity contribution < 1.29 is 9.59 Å². The van der Waals surface area contributed by atoms with Gasteiger partial charge in [-0.1, -0.05) is 32.9 Å². The zero-order valence-corrected chi connectivity index (χ0v) is 14.8. The minimum Gasteiger partial charge on any atom is -0.329 e. The van der Waals surface area contributed by atoms with Crippen molar-refractivity contribution in [2.75, 3.05) is 5.32 Å². The Labute approximate surface area is 139 Å². The van der Waals surface area contributed by atoms with Gasteiger partial charge in [-0.05, 0) is 56.2 Å². The van der Waals surface area contributed by atoms with E-state index in [1.165, 1.54) is 5.56 Å². The third kappa shape index (κ3) is 4.12. The molecule has 1 aliphatic rings. The van der Waals surface area contributed by atoms with Crippen molar-refractivity contribution in [3.05, 3.63) is 29.8 Å². The molecule has 126 valence electrons. The van der Waals surface area contributed by atoms with Crippen molar-refractivity contribution in [3.63, 3.8) is 0 Å². The molecule has 2 unspecified atom stereocenters. The Balaban J connectivity index is 2.05. The maximum atomic E-state index is 12.5. The van der Waals surface area contributed by atoms with E-state index in [1.54, 1.807) is 4.90 Å². The predicted molar refractivity (Wildman–Crippen MR) is 93.4 cm³/mol. The van der Waals surface area contributed by atoms with E-state index in [0.29, 0.717) is 5.69 Å². The van der Waals surface area contributed by atoms with Crippen molar-refractivity contribution in [3.8, 4) is 0 Å². The largest absolute Gasteiger partial charge is 0.329 e. The number of hydrogen-bond acceptors (Lipinski definition) is 2. The Bertz CT molecular complexity index is 562. The van der Waals surface area contributed by atoms with Crippen molar-refractivity contribution >= 4 is 17.5 Å². The summed E-state index contributed by atoms with van der Waals surface area (Å²) < 4.78 is 0. The van der Waals surface area contributed by atoms with Crippen molar-refractivity contribution in [2.45, 2.75) is 71.4 Å². The van der Waals surface area contributed by atoms with Gasteiger partial charge in [-0.2, -0.15) is 0 Å². The molecule has 23 heavy (non-hydrogen) atoms. The SMILES string of the molecule is CC1CCCC(C)N1C(=O)C(=O)Nc1ccc(C(C)(C)C)cc1. The number of piperidine rings is 1. The van der Waals surface area contributed by atoms with Gasteiger partial charge < -0.3 is 10.2 Å². The van der Waals surface area contributed by atoms with E-state index in [0.717, 1.165) is 19.3 Å². The number of carbonyl (C=O) groups excluding carboxylic acids is 2. The first-order valence-electron chi connectivity index (χ1n) is 8.44. The molecule has 0 aliphatic carbocycles. The normalized spacial score (nSPS) is 21.9. The van der Waals surface area contributed by atoms with Gasteiger partial charge in [0, 0.05) is 17.8 Å². The van der Waals surface area contributed by atoms with Crippen LogP contribution in [0.5, 0.6) is 0 Å². The highest BCUT2D eigenvalue weighted by molar-refractivity contribution is 6.39. The lowest BCUT2D eigenvalue weighted by molar-refractivity contribution is -0.147. The third-order valence-electron chi connectivity index (χ3n) is 4.63. The van der Waals surface area contributed by atoms with Crippen LogP contribution in [0.15, 0.2) is 24.3 Å². The number of nitrogens with zero attached hydrogens (tertiary/aromatic N) is 1.